The zero-order chi connectivity index (χ0) is 11.4. The second-order valence-electron chi connectivity index (χ2n) is 3.48. The van der Waals surface area contributed by atoms with Crippen molar-refractivity contribution in [1.82, 2.24) is 9.78 Å². The van der Waals surface area contributed by atoms with Crippen LogP contribution < -0.4 is 0 Å². The summed E-state index contributed by atoms with van der Waals surface area (Å²) in [5.41, 5.74) is 2.04. The van der Waals surface area contributed by atoms with Crippen LogP contribution in [0.5, 0.6) is 0 Å². The van der Waals surface area contributed by atoms with Gasteiger partial charge in [0.05, 0.1) is 6.20 Å². The van der Waals surface area contributed by atoms with Crippen LogP contribution in [0.15, 0.2) is 42.7 Å². The molecular formula is C13H12N2O. The van der Waals surface area contributed by atoms with Gasteiger partial charge >= 0.3 is 0 Å². The molecule has 0 aliphatic heterocycles. The third kappa shape index (κ3) is 2.45. The number of nitrogens with zero attached hydrogens (tertiary/aromatic N) is 2. The Bertz CT molecular complexity index is 512. The van der Waals surface area contributed by atoms with E-state index in [1.165, 1.54) is 11.6 Å². The minimum Gasteiger partial charge on any atom is -0.273 e. The molecule has 0 atom stereocenters. The summed E-state index contributed by atoms with van der Waals surface area (Å²) < 4.78 is 1.32. The number of hydrogen-bond acceptors (Lipinski definition) is 2. The molecule has 0 amide bonds. The van der Waals surface area contributed by atoms with Gasteiger partial charge < -0.3 is 0 Å². The highest BCUT2D eigenvalue weighted by atomic mass is 16.2. The van der Waals surface area contributed by atoms with E-state index in [2.05, 4.69) is 5.10 Å². The summed E-state index contributed by atoms with van der Waals surface area (Å²) in [6, 6.07) is 9.99. The molecule has 0 fully saturated rings. The fourth-order valence-corrected chi connectivity index (χ4v) is 1.35. The number of rotatable bonds is 2. The summed E-state index contributed by atoms with van der Waals surface area (Å²) in [6.45, 7) is 1.48. The first-order valence-electron chi connectivity index (χ1n) is 5.04. The van der Waals surface area contributed by atoms with E-state index in [0.717, 1.165) is 11.1 Å². The van der Waals surface area contributed by atoms with Crippen LogP contribution in [0, 0.1) is 0 Å². The number of hydrogen-bond donors (Lipinski definition) is 0. The Morgan fingerprint density at radius 2 is 1.88 bits per heavy atom. The summed E-state index contributed by atoms with van der Waals surface area (Å²) >= 11 is 0. The van der Waals surface area contributed by atoms with Gasteiger partial charge in [0.15, 0.2) is 0 Å². The first-order valence-corrected chi connectivity index (χ1v) is 5.04. The van der Waals surface area contributed by atoms with Gasteiger partial charge in [0.1, 0.15) is 0 Å². The van der Waals surface area contributed by atoms with Crippen molar-refractivity contribution in [2.24, 2.45) is 0 Å². The van der Waals surface area contributed by atoms with Gasteiger partial charge in [-0.1, -0.05) is 42.5 Å². The standard InChI is InChI=1S/C13H12N2O/c1-11(16)15-10-13(9-14-15)8-7-12-5-3-2-4-6-12/h2-10H,1H3. The van der Waals surface area contributed by atoms with Crippen molar-refractivity contribution >= 4 is 18.1 Å². The average molecular weight is 212 g/mol. The molecule has 3 nitrogen and oxygen atoms in total. The molecule has 0 aliphatic carbocycles. The molecule has 0 saturated carbocycles. The molecule has 1 aromatic heterocycles. The molecule has 2 rings (SSSR count). The number of aromatic nitrogens is 2. The van der Waals surface area contributed by atoms with E-state index in [1.54, 1.807) is 12.4 Å². The van der Waals surface area contributed by atoms with E-state index >= 15 is 0 Å². The Morgan fingerprint density at radius 3 is 2.50 bits per heavy atom. The second-order valence-corrected chi connectivity index (χ2v) is 3.48. The number of carbonyl (C=O) groups excluding carboxylic acids is 1. The largest absolute Gasteiger partial charge is 0.273 e. The van der Waals surface area contributed by atoms with E-state index in [0.29, 0.717) is 0 Å². The lowest BCUT2D eigenvalue weighted by Crippen LogP contribution is -2.04. The van der Waals surface area contributed by atoms with Crippen molar-refractivity contribution in [1.29, 1.82) is 0 Å². The molecule has 0 saturated heterocycles. The number of benzene rings is 1. The highest BCUT2D eigenvalue weighted by molar-refractivity contribution is 5.76. The number of carbonyl (C=O) groups is 1. The molecule has 80 valence electrons. The van der Waals surface area contributed by atoms with Gasteiger partial charge in [-0.25, -0.2) is 4.68 Å². The van der Waals surface area contributed by atoms with Crippen LogP contribution in [-0.2, 0) is 0 Å². The molecule has 0 unspecified atom stereocenters. The van der Waals surface area contributed by atoms with E-state index in [1.807, 2.05) is 42.5 Å². The van der Waals surface area contributed by atoms with E-state index < -0.39 is 0 Å². The normalized spacial score (nSPS) is 10.8. The maximum Gasteiger partial charge on any atom is 0.243 e. The molecule has 16 heavy (non-hydrogen) atoms. The third-order valence-electron chi connectivity index (χ3n) is 2.19. The summed E-state index contributed by atoms with van der Waals surface area (Å²) in [4.78, 5) is 11.0. The molecule has 1 aromatic carbocycles. The van der Waals surface area contributed by atoms with Gasteiger partial charge in [-0.05, 0) is 5.56 Å². The highest BCUT2D eigenvalue weighted by Crippen LogP contribution is 2.06. The van der Waals surface area contributed by atoms with Crippen LogP contribution in [0.4, 0.5) is 0 Å². The molecule has 1 heterocycles. The van der Waals surface area contributed by atoms with Gasteiger partial charge in [0, 0.05) is 18.7 Å². The summed E-state index contributed by atoms with van der Waals surface area (Å²) in [7, 11) is 0. The van der Waals surface area contributed by atoms with Crippen molar-refractivity contribution in [3.63, 3.8) is 0 Å². The molecule has 0 aliphatic rings. The quantitative estimate of drug-likeness (QED) is 0.767. The fourth-order valence-electron chi connectivity index (χ4n) is 1.35. The van der Waals surface area contributed by atoms with Crippen molar-refractivity contribution in [2.75, 3.05) is 0 Å². The van der Waals surface area contributed by atoms with Gasteiger partial charge in [-0.2, -0.15) is 5.10 Å². The van der Waals surface area contributed by atoms with Gasteiger partial charge in [0.25, 0.3) is 0 Å². The van der Waals surface area contributed by atoms with E-state index in [9.17, 15) is 4.79 Å². The lowest BCUT2D eigenvalue weighted by molar-refractivity contribution is 0.0921. The maximum absolute atomic E-state index is 11.0. The van der Waals surface area contributed by atoms with E-state index in [-0.39, 0.29) is 5.91 Å². The maximum atomic E-state index is 11.0. The minimum atomic E-state index is -0.0839. The first kappa shape index (κ1) is 10.4. The van der Waals surface area contributed by atoms with Crippen LogP contribution in [0.2, 0.25) is 0 Å². The first-order chi connectivity index (χ1) is 7.75. The van der Waals surface area contributed by atoms with Crippen molar-refractivity contribution in [3.8, 4) is 0 Å². The Morgan fingerprint density at radius 1 is 1.19 bits per heavy atom. The third-order valence-corrected chi connectivity index (χ3v) is 2.19. The summed E-state index contributed by atoms with van der Waals surface area (Å²) in [5.74, 6) is -0.0839. The van der Waals surface area contributed by atoms with Crippen molar-refractivity contribution < 1.29 is 4.79 Å². The van der Waals surface area contributed by atoms with Gasteiger partial charge in [0.2, 0.25) is 5.91 Å². The Kier molecular flexibility index (Phi) is 2.96. The van der Waals surface area contributed by atoms with E-state index in [4.69, 9.17) is 0 Å². The summed E-state index contributed by atoms with van der Waals surface area (Å²) in [5, 5.41) is 3.94. The predicted octanol–water partition coefficient (Wildman–Crippen LogP) is 2.71. The molecule has 0 bridgehead atoms. The monoisotopic (exact) mass is 212 g/mol. The molecule has 3 heteroatoms. The molecule has 0 radical (unpaired) electrons. The SMILES string of the molecule is CC(=O)n1cc(C=Cc2ccccc2)cn1. The lowest BCUT2D eigenvalue weighted by atomic mass is 10.2. The van der Waals surface area contributed by atoms with Crippen molar-refractivity contribution in [3.05, 3.63) is 53.9 Å². The highest BCUT2D eigenvalue weighted by Gasteiger charge is 1.98. The van der Waals surface area contributed by atoms with Gasteiger partial charge in [-0.15, -0.1) is 0 Å². The molecular weight excluding hydrogens is 200 g/mol. The fraction of sp³-hybridized carbons (Fsp3) is 0.0769. The molecule has 2 aromatic rings. The Labute approximate surface area is 94.0 Å². The lowest BCUT2D eigenvalue weighted by Gasteiger charge is -1.90. The minimum absolute atomic E-state index is 0.0839. The second kappa shape index (κ2) is 4.57. The van der Waals surface area contributed by atoms with Crippen LogP contribution in [0.3, 0.4) is 0 Å². The summed E-state index contributed by atoms with van der Waals surface area (Å²) in [6.07, 6.45) is 7.30. The van der Waals surface area contributed by atoms with Crippen LogP contribution in [0.1, 0.15) is 22.8 Å². The average Bonchev–Trinajstić information content (AvgIpc) is 2.76. The smallest absolute Gasteiger partial charge is 0.243 e. The van der Waals surface area contributed by atoms with Crippen LogP contribution in [0.25, 0.3) is 12.2 Å². The topological polar surface area (TPSA) is 34.9 Å². The zero-order valence-electron chi connectivity index (χ0n) is 9.00. The van der Waals surface area contributed by atoms with Crippen molar-refractivity contribution in [2.45, 2.75) is 6.92 Å². The Hall–Kier alpha value is -2.16. The zero-order valence-corrected chi connectivity index (χ0v) is 9.00. The molecule has 0 N–H and O–H groups in total. The predicted molar refractivity (Wildman–Crippen MR) is 63.9 cm³/mol. The van der Waals surface area contributed by atoms with Gasteiger partial charge in [-0.3, -0.25) is 4.79 Å². The Balaban J connectivity index is 2.15. The molecule has 0 spiro atoms. The van der Waals surface area contributed by atoms with Crippen LogP contribution in [-0.4, -0.2) is 15.7 Å². The van der Waals surface area contributed by atoms with Crippen LogP contribution >= 0.6 is 0 Å².